The Bertz CT molecular complexity index is 642. The number of ketones is 1. The normalized spacial score (nSPS) is 33.6. The molecule has 4 heteroatoms. The first-order valence-corrected chi connectivity index (χ1v) is 9.45. The number of aliphatic hydroxyl groups is 2. The van der Waals surface area contributed by atoms with Crippen LogP contribution in [-0.4, -0.2) is 34.3 Å². The molecule has 0 aromatic rings. The van der Waals surface area contributed by atoms with Crippen molar-refractivity contribution in [3.8, 4) is 0 Å². The summed E-state index contributed by atoms with van der Waals surface area (Å²) < 4.78 is 6.31. The maximum Gasteiger partial charge on any atom is 0.190 e. The maximum absolute atomic E-state index is 12.4. The summed E-state index contributed by atoms with van der Waals surface area (Å²) in [6.07, 6.45) is 8.25. The van der Waals surface area contributed by atoms with Crippen LogP contribution >= 0.6 is 0 Å². The lowest BCUT2D eigenvalue weighted by molar-refractivity contribution is -0.127. The van der Waals surface area contributed by atoms with Gasteiger partial charge in [-0.3, -0.25) is 4.79 Å². The van der Waals surface area contributed by atoms with Crippen molar-refractivity contribution in [2.45, 2.75) is 71.0 Å². The molecule has 4 nitrogen and oxygen atoms in total. The third-order valence-electron chi connectivity index (χ3n) is 6.14. The Morgan fingerprint density at radius 3 is 3.00 bits per heavy atom. The molecule has 0 fully saturated rings. The van der Waals surface area contributed by atoms with Gasteiger partial charge in [-0.15, -0.1) is 0 Å². The molecule has 0 bridgehead atoms. The summed E-state index contributed by atoms with van der Waals surface area (Å²) in [5.74, 6) is 1.32. The lowest BCUT2D eigenvalue weighted by Gasteiger charge is -2.43. The second-order valence-corrected chi connectivity index (χ2v) is 8.09. The Labute approximate surface area is 150 Å². The highest BCUT2D eigenvalue weighted by molar-refractivity contribution is 6.00. The van der Waals surface area contributed by atoms with Gasteiger partial charge in [-0.1, -0.05) is 30.2 Å². The molecule has 0 aromatic carbocycles. The number of carbonyl (C=O) groups is 1. The Kier molecular flexibility index (Phi) is 5.21. The minimum atomic E-state index is -0.857. The zero-order valence-corrected chi connectivity index (χ0v) is 15.5. The van der Waals surface area contributed by atoms with Gasteiger partial charge in [0.1, 0.15) is 17.5 Å². The van der Waals surface area contributed by atoms with Crippen molar-refractivity contribution in [2.75, 3.05) is 6.61 Å². The Balaban J connectivity index is 1.73. The molecule has 138 valence electrons. The summed E-state index contributed by atoms with van der Waals surface area (Å²) in [7, 11) is 0. The zero-order valence-electron chi connectivity index (χ0n) is 15.5. The van der Waals surface area contributed by atoms with Crippen LogP contribution in [-0.2, 0) is 9.53 Å². The summed E-state index contributed by atoms with van der Waals surface area (Å²) in [6, 6.07) is 0. The molecular formula is C21H30O4. The number of rotatable bonds is 5. The molecule has 0 radical (unpaired) electrons. The quantitative estimate of drug-likeness (QED) is 0.748. The third kappa shape index (κ3) is 3.47. The van der Waals surface area contributed by atoms with Gasteiger partial charge >= 0.3 is 0 Å². The van der Waals surface area contributed by atoms with Crippen LogP contribution in [0.15, 0.2) is 34.6 Å². The van der Waals surface area contributed by atoms with Gasteiger partial charge in [0.05, 0.1) is 6.61 Å². The number of Topliss-reactive ketones (excluding diaryl/α,β-unsaturated/α-hetero) is 1. The van der Waals surface area contributed by atoms with E-state index in [1.54, 1.807) is 0 Å². The van der Waals surface area contributed by atoms with Gasteiger partial charge < -0.3 is 14.9 Å². The zero-order chi connectivity index (χ0) is 18.2. The number of hydrogen-bond acceptors (Lipinski definition) is 4. The number of carbonyl (C=O) groups excluding carboxylic acids is 1. The van der Waals surface area contributed by atoms with E-state index in [4.69, 9.17) is 9.84 Å². The first-order chi connectivity index (χ1) is 11.9. The van der Waals surface area contributed by atoms with Crippen molar-refractivity contribution >= 4 is 5.78 Å². The molecule has 0 saturated carbocycles. The van der Waals surface area contributed by atoms with Gasteiger partial charge in [-0.2, -0.15) is 0 Å². The minimum Gasteiger partial charge on any atom is -0.491 e. The largest absolute Gasteiger partial charge is 0.491 e. The predicted octanol–water partition coefficient (Wildman–Crippen LogP) is 3.44. The van der Waals surface area contributed by atoms with Crippen LogP contribution in [0.4, 0.5) is 0 Å². The monoisotopic (exact) mass is 346 g/mol. The molecule has 0 unspecified atom stereocenters. The molecule has 2 aliphatic carbocycles. The van der Waals surface area contributed by atoms with Crippen LogP contribution in [0.3, 0.4) is 0 Å². The lowest BCUT2D eigenvalue weighted by atomic mass is 9.74. The predicted molar refractivity (Wildman–Crippen MR) is 96.8 cm³/mol. The highest BCUT2D eigenvalue weighted by atomic mass is 16.5. The van der Waals surface area contributed by atoms with Gasteiger partial charge in [0, 0.05) is 24.3 Å². The molecule has 1 aliphatic heterocycles. The van der Waals surface area contributed by atoms with Crippen LogP contribution in [0.1, 0.15) is 59.3 Å². The summed E-state index contributed by atoms with van der Waals surface area (Å²) in [5, 5.41) is 19.0. The summed E-state index contributed by atoms with van der Waals surface area (Å²) >= 11 is 0. The maximum atomic E-state index is 12.4. The van der Waals surface area contributed by atoms with E-state index in [-0.39, 0.29) is 23.9 Å². The third-order valence-corrected chi connectivity index (χ3v) is 6.14. The molecule has 0 amide bonds. The molecular weight excluding hydrogens is 316 g/mol. The molecule has 25 heavy (non-hydrogen) atoms. The molecule has 1 heterocycles. The first kappa shape index (κ1) is 18.4. The number of ether oxygens (including phenoxy) is 1. The molecule has 0 spiro atoms. The molecule has 3 aliphatic rings. The Morgan fingerprint density at radius 2 is 2.28 bits per heavy atom. The molecule has 2 N–H and O–H groups in total. The topological polar surface area (TPSA) is 66.8 Å². The fraction of sp³-hybridized carbons (Fsp3) is 0.667. The van der Waals surface area contributed by atoms with Crippen molar-refractivity contribution in [1.82, 2.24) is 0 Å². The standard InChI is InChI=1S/C21H30O4/c1-13(12-22)5-4-6-14(2)15-9-10-21(3)17(15)11-16-19(25-21)8-7-18(23)20(16)24/h5,9,14,17-18,22-23H,4,6-8,10-12H2,1-3H3/t14-,17+,18-,21-/m1/s1. The van der Waals surface area contributed by atoms with E-state index in [1.165, 1.54) is 5.57 Å². The van der Waals surface area contributed by atoms with Gasteiger partial charge in [-0.05, 0) is 45.4 Å². The number of fused-ring (bicyclic) bond motifs is 1. The summed E-state index contributed by atoms with van der Waals surface area (Å²) in [5.41, 5.74) is 2.87. The van der Waals surface area contributed by atoms with Gasteiger partial charge in [0.2, 0.25) is 0 Å². The summed E-state index contributed by atoms with van der Waals surface area (Å²) in [6.45, 7) is 6.46. The fourth-order valence-electron chi connectivity index (χ4n) is 4.46. The van der Waals surface area contributed by atoms with Crippen molar-refractivity contribution in [1.29, 1.82) is 0 Å². The van der Waals surface area contributed by atoms with E-state index in [0.29, 0.717) is 25.2 Å². The van der Waals surface area contributed by atoms with E-state index in [1.807, 2.05) is 6.92 Å². The van der Waals surface area contributed by atoms with Crippen molar-refractivity contribution in [3.63, 3.8) is 0 Å². The molecule has 3 rings (SSSR count). The average Bonchev–Trinajstić information content (AvgIpc) is 2.93. The van der Waals surface area contributed by atoms with Gasteiger partial charge in [-0.25, -0.2) is 0 Å². The lowest BCUT2D eigenvalue weighted by Crippen LogP contribution is -2.43. The minimum absolute atomic E-state index is 0.118. The van der Waals surface area contributed by atoms with E-state index >= 15 is 0 Å². The smallest absolute Gasteiger partial charge is 0.190 e. The molecule has 0 aromatic heterocycles. The van der Waals surface area contributed by atoms with Crippen molar-refractivity contribution < 1.29 is 19.7 Å². The summed E-state index contributed by atoms with van der Waals surface area (Å²) in [4.78, 5) is 12.4. The molecule has 0 saturated heterocycles. The van der Waals surface area contributed by atoms with Crippen LogP contribution in [0.5, 0.6) is 0 Å². The van der Waals surface area contributed by atoms with E-state index in [2.05, 4.69) is 26.0 Å². The van der Waals surface area contributed by atoms with Gasteiger partial charge in [0.25, 0.3) is 0 Å². The second-order valence-electron chi connectivity index (χ2n) is 8.09. The first-order valence-electron chi connectivity index (χ1n) is 9.45. The van der Waals surface area contributed by atoms with Crippen LogP contribution in [0, 0.1) is 11.8 Å². The van der Waals surface area contributed by atoms with Gasteiger partial charge in [0.15, 0.2) is 5.78 Å². The second kappa shape index (κ2) is 7.08. The fourth-order valence-corrected chi connectivity index (χ4v) is 4.46. The number of aliphatic hydroxyl groups excluding tert-OH is 2. The van der Waals surface area contributed by atoms with Crippen molar-refractivity contribution in [2.24, 2.45) is 11.8 Å². The van der Waals surface area contributed by atoms with Crippen LogP contribution < -0.4 is 0 Å². The SMILES string of the molecule is CC(=CCC[C@@H](C)C1=CC[C@@]2(C)OC3=C(C[C@@H]12)C(=O)[C@H](O)CC3)CO. The van der Waals surface area contributed by atoms with E-state index < -0.39 is 6.10 Å². The number of allylic oxidation sites excluding steroid dienone is 2. The highest BCUT2D eigenvalue weighted by Gasteiger charge is 2.49. The Morgan fingerprint density at radius 1 is 1.52 bits per heavy atom. The highest BCUT2D eigenvalue weighted by Crippen LogP contribution is 2.51. The van der Waals surface area contributed by atoms with Crippen LogP contribution in [0.2, 0.25) is 0 Å². The van der Waals surface area contributed by atoms with Crippen molar-refractivity contribution in [3.05, 3.63) is 34.6 Å². The number of hydrogen-bond donors (Lipinski definition) is 2. The van der Waals surface area contributed by atoms with E-state index in [9.17, 15) is 9.90 Å². The molecule has 4 atom stereocenters. The Hall–Kier alpha value is -1.39. The average molecular weight is 346 g/mol. The van der Waals surface area contributed by atoms with Crippen LogP contribution in [0.25, 0.3) is 0 Å². The van der Waals surface area contributed by atoms with E-state index in [0.717, 1.165) is 36.2 Å².